The lowest BCUT2D eigenvalue weighted by Crippen LogP contribution is -1.94. The Morgan fingerprint density at radius 1 is 1.73 bits per heavy atom. The molecule has 15 heavy (non-hydrogen) atoms. The van der Waals surface area contributed by atoms with Crippen LogP contribution in [-0.4, -0.2) is 18.6 Å². The van der Waals surface area contributed by atoms with Gasteiger partial charge in [0.2, 0.25) is 5.88 Å². The molecular formula is C9H11N5O. The third-order valence-electron chi connectivity index (χ3n) is 1.64. The van der Waals surface area contributed by atoms with Gasteiger partial charge in [-0.15, -0.1) is 0 Å². The monoisotopic (exact) mass is 205 g/mol. The van der Waals surface area contributed by atoms with Crippen molar-refractivity contribution in [3.8, 4) is 5.88 Å². The van der Waals surface area contributed by atoms with Gasteiger partial charge in [-0.2, -0.15) is 0 Å². The van der Waals surface area contributed by atoms with Crippen LogP contribution < -0.4 is 10.5 Å². The third-order valence-corrected chi connectivity index (χ3v) is 1.64. The van der Waals surface area contributed by atoms with Crippen molar-refractivity contribution in [1.82, 2.24) is 4.98 Å². The molecule has 1 rings (SSSR count). The van der Waals surface area contributed by atoms with Crippen LogP contribution in [0.5, 0.6) is 5.88 Å². The number of nitrogen functional groups attached to an aromatic ring is 1. The van der Waals surface area contributed by atoms with Gasteiger partial charge in [0.15, 0.2) is 0 Å². The first-order valence-corrected chi connectivity index (χ1v) is 4.25. The van der Waals surface area contributed by atoms with Crippen molar-refractivity contribution in [3.05, 3.63) is 34.3 Å². The van der Waals surface area contributed by atoms with E-state index in [1.807, 2.05) is 0 Å². The van der Waals surface area contributed by atoms with Crippen LogP contribution in [0.2, 0.25) is 0 Å². The van der Waals surface area contributed by atoms with Crippen LogP contribution in [0.1, 0.15) is 5.56 Å². The Kier molecular flexibility index (Phi) is 4.00. The third kappa shape index (κ3) is 3.21. The van der Waals surface area contributed by atoms with Gasteiger partial charge in [0.05, 0.1) is 19.0 Å². The number of anilines is 1. The molecule has 0 atom stereocenters. The first kappa shape index (κ1) is 10.9. The molecule has 0 saturated heterocycles. The fourth-order valence-corrected chi connectivity index (χ4v) is 1.04. The molecule has 0 spiro atoms. The van der Waals surface area contributed by atoms with E-state index in [1.165, 1.54) is 13.3 Å². The molecule has 0 aliphatic carbocycles. The molecule has 0 unspecified atom stereocenters. The largest absolute Gasteiger partial charge is 0.481 e. The quantitative estimate of drug-likeness (QED) is 0.462. The summed E-state index contributed by atoms with van der Waals surface area (Å²) in [6.07, 6.45) is 4.97. The highest BCUT2D eigenvalue weighted by molar-refractivity contribution is 5.59. The van der Waals surface area contributed by atoms with Crippen LogP contribution in [0, 0.1) is 0 Å². The molecule has 6 nitrogen and oxygen atoms in total. The molecule has 0 fully saturated rings. The minimum Gasteiger partial charge on any atom is -0.481 e. The summed E-state index contributed by atoms with van der Waals surface area (Å²) in [5, 5.41) is 3.37. The Morgan fingerprint density at radius 3 is 3.20 bits per heavy atom. The molecule has 78 valence electrons. The standard InChI is InChI=1S/C9H11N5O/c1-15-9-7(3-2-4-13-14-11)5-8(10)6-12-9/h2-3,5-6H,4,10H2,1H3. The summed E-state index contributed by atoms with van der Waals surface area (Å²) < 4.78 is 5.04. The number of rotatable bonds is 4. The molecule has 2 N–H and O–H groups in total. The normalized spacial score (nSPS) is 9.93. The molecule has 0 aromatic carbocycles. The fourth-order valence-electron chi connectivity index (χ4n) is 1.04. The molecule has 0 amide bonds. The Bertz CT molecular complexity index is 409. The van der Waals surface area contributed by atoms with Gasteiger partial charge in [-0.05, 0) is 11.6 Å². The minimum absolute atomic E-state index is 0.286. The fraction of sp³-hybridized carbons (Fsp3) is 0.222. The predicted molar refractivity (Wildman–Crippen MR) is 58.2 cm³/mol. The number of methoxy groups -OCH3 is 1. The van der Waals surface area contributed by atoms with Crippen LogP contribution in [0.3, 0.4) is 0 Å². The van der Waals surface area contributed by atoms with Crippen molar-refractivity contribution in [2.45, 2.75) is 0 Å². The number of nitrogens with zero attached hydrogens (tertiary/aromatic N) is 4. The lowest BCUT2D eigenvalue weighted by molar-refractivity contribution is 0.397. The van der Waals surface area contributed by atoms with E-state index in [0.29, 0.717) is 11.6 Å². The van der Waals surface area contributed by atoms with Crippen molar-refractivity contribution in [2.75, 3.05) is 19.4 Å². The summed E-state index contributed by atoms with van der Waals surface area (Å²) >= 11 is 0. The minimum atomic E-state index is 0.286. The maximum absolute atomic E-state index is 8.08. The lowest BCUT2D eigenvalue weighted by atomic mass is 10.2. The Hall–Kier alpha value is -2.20. The maximum Gasteiger partial charge on any atom is 0.220 e. The Labute approximate surface area is 87.0 Å². The Morgan fingerprint density at radius 2 is 2.53 bits per heavy atom. The van der Waals surface area contributed by atoms with Crippen LogP contribution in [0.15, 0.2) is 23.5 Å². The zero-order valence-corrected chi connectivity index (χ0v) is 8.29. The van der Waals surface area contributed by atoms with E-state index in [2.05, 4.69) is 15.0 Å². The first-order chi connectivity index (χ1) is 7.27. The summed E-state index contributed by atoms with van der Waals surface area (Å²) in [5.41, 5.74) is 15.0. The number of hydrogen-bond donors (Lipinski definition) is 1. The zero-order chi connectivity index (χ0) is 11.1. The highest BCUT2D eigenvalue weighted by atomic mass is 16.5. The second kappa shape index (κ2) is 5.51. The van der Waals surface area contributed by atoms with E-state index >= 15 is 0 Å². The average Bonchev–Trinajstić information content (AvgIpc) is 2.25. The number of azide groups is 1. The van der Waals surface area contributed by atoms with Gasteiger partial charge in [-0.1, -0.05) is 17.3 Å². The molecule has 0 aliphatic heterocycles. The molecule has 0 saturated carbocycles. The summed E-state index contributed by atoms with van der Waals surface area (Å²) in [7, 11) is 1.53. The van der Waals surface area contributed by atoms with E-state index in [4.69, 9.17) is 16.0 Å². The summed E-state index contributed by atoms with van der Waals surface area (Å²) in [6, 6.07) is 1.73. The van der Waals surface area contributed by atoms with Gasteiger partial charge in [0, 0.05) is 17.0 Å². The SMILES string of the molecule is COc1ncc(N)cc1C=CCN=[N+]=[N-]. The van der Waals surface area contributed by atoms with Crippen molar-refractivity contribution in [1.29, 1.82) is 0 Å². The number of pyridine rings is 1. The van der Waals surface area contributed by atoms with E-state index in [1.54, 1.807) is 18.2 Å². The molecule has 0 radical (unpaired) electrons. The van der Waals surface area contributed by atoms with Gasteiger partial charge in [0.25, 0.3) is 0 Å². The molecular weight excluding hydrogens is 194 g/mol. The van der Waals surface area contributed by atoms with E-state index in [-0.39, 0.29) is 6.54 Å². The van der Waals surface area contributed by atoms with Crippen LogP contribution in [0.4, 0.5) is 5.69 Å². The molecule has 1 aromatic rings. The van der Waals surface area contributed by atoms with Gasteiger partial charge in [0.1, 0.15) is 0 Å². The highest BCUT2D eigenvalue weighted by Crippen LogP contribution is 2.18. The molecule has 0 aliphatic rings. The van der Waals surface area contributed by atoms with E-state index in [9.17, 15) is 0 Å². The second-order valence-electron chi connectivity index (χ2n) is 2.68. The summed E-state index contributed by atoms with van der Waals surface area (Å²) in [6.45, 7) is 0.286. The predicted octanol–water partition coefficient (Wildman–Crippen LogP) is 2.00. The number of aromatic nitrogens is 1. The number of nitrogens with two attached hydrogens (primary N) is 1. The van der Waals surface area contributed by atoms with Crippen molar-refractivity contribution in [2.24, 2.45) is 5.11 Å². The van der Waals surface area contributed by atoms with E-state index < -0.39 is 0 Å². The lowest BCUT2D eigenvalue weighted by Gasteiger charge is -2.03. The second-order valence-corrected chi connectivity index (χ2v) is 2.68. The smallest absolute Gasteiger partial charge is 0.220 e. The molecule has 6 heteroatoms. The molecule has 0 bridgehead atoms. The van der Waals surface area contributed by atoms with Gasteiger partial charge >= 0.3 is 0 Å². The summed E-state index contributed by atoms with van der Waals surface area (Å²) in [5.74, 6) is 0.487. The van der Waals surface area contributed by atoms with Crippen LogP contribution in [-0.2, 0) is 0 Å². The topological polar surface area (TPSA) is 96.9 Å². The van der Waals surface area contributed by atoms with Crippen LogP contribution >= 0.6 is 0 Å². The first-order valence-electron chi connectivity index (χ1n) is 4.25. The zero-order valence-electron chi connectivity index (χ0n) is 8.29. The van der Waals surface area contributed by atoms with Crippen LogP contribution in [0.25, 0.3) is 16.5 Å². The van der Waals surface area contributed by atoms with Gasteiger partial charge in [-0.3, -0.25) is 0 Å². The molecule has 1 heterocycles. The average molecular weight is 205 g/mol. The van der Waals surface area contributed by atoms with E-state index in [0.717, 1.165) is 5.56 Å². The van der Waals surface area contributed by atoms with Gasteiger partial charge < -0.3 is 10.5 Å². The van der Waals surface area contributed by atoms with Gasteiger partial charge in [-0.25, -0.2) is 4.98 Å². The highest BCUT2D eigenvalue weighted by Gasteiger charge is 2.00. The Balaban J connectivity index is 2.86. The summed E-state index contributed by atoms with van der Waals surface area (Å²) in [4.78, 5) is 6.62. The van der Waals surface area contributed by atoms with Crippen molar-refractivity contribution in [3.63, 3.8) is 0 Å². The maximum atomic E-state index is 8.08. The van der Waals surface area contributed by atoms with Crippen molar-refractivity contribution >= 4 is 11.8 Å². The number of hydrogen-bond acceptors (Lipinski definition) is 4. The van der Waals surface area contributed by atoms with Crippen molar-refractivity contribution < 1.29 is 4.74 Å². The number of ether oxygens (including phenoxy) is 1. The molecule has 1 aromatic heterocycles.